The van der Waals surface area contributed by atoms with Crippen LogP contribution >= 0.6 is 0 Å². The van der Waals surface area contributed by atoms with Gasteiger partial charge in [-0.2, -0.15) is 36.0 Å². The molecule has 0 aliphatic rings. The van der Waals surface area contributed by atoms with Crippen LogP contribution in [0.25, 0.3) is 0 Å². The Bertz CT molecular complexity index is 645. The summed E-state index contributed by atoms with van der Waals surface area (Å²) in [4.78, 5) is 10.4. The summed E-state index contributed by atoms with van der Waals surface area (Å²) in [6, 6.07) is 1.46. The number of nitriles is 1. The van der Waals surface area contributed by atoms with Gasteiger partial charge in [0, 0.05) is 14.1 Å². The molecule has 0 fully saturated rings. The first-order chi connectivity index (χ1) is 10.3. The number of rotatable bonds is 4. The highest BCUT2D eigenvalue weighted by atomic mass is 19.4. The van der Waals surface area contributed by atoms with Gasteiger partial charge in [0.25, 0.3) is 0 Å². The number of nitrogens with zero attached hydrogens (tertiary/aromatic N) is 5. The average Bonchev–Trinajstić information content (AvgIpc) is 2.43. The fraction of sp³-hybridized carbons (Fsp3) is 0.455. The van der Waals surface area contributed by atoms with Crippen LogP contribution in [-0.2, 0) is 5.92 Å². The Kier molecular flexibility index (Phi) is 4.83. The van der Waals surface area contributed by atoms with E-state index in [1.807, 2.05) is 0 Å². The molecular formula is C11H8F7N5. The van der Waals surface area contributed by atoms with Crippen LogP contribution in [0.15, 0.2) is 11.2 Å². The van der Waals surface area contributed by atoms with Crippen molar-refractivity contribution in [1.82, 2.24) is 14.9 Å². The minimum Gasteiger partial charge on any atom is -0.369 e. The molecule has 12 heteroatoms. The molecule has 0 bridgehead atoms. The van der Waals surface area contributed by atoms with Crippen molar-refractivity contribution < 1.29 is 30.7 Å². The summed E-state index contributed by atoms with van der Waals surface area (Å²) in [6.45, 7) is 0. The molecular weight excluding hydrogens is 335 g/mol. The summed E-state index contributed by atoms with van der Waals surface area (Å²) in [5, 5.41) is 8.73. The highest BCUT2D eigenvalue weighted by molar-refractivity contribution is 5.62. The van der Waals surface area contributed by atoms with Gasteiger partial charge < -0.3 is 4.90 Å². The molecule has 0 unspecified atom stereocenters. The molecule has 0 radical (unpaired) electrons. The van der Waals surface area contributed by atoms with Gasteiger partial charge in [0.2, 0.25) is 5.82 Å². The Hall–Kier alpha value is -2.45. The summed E-state index contributed by atoms with van der Waals surface area (Å²) in [5.74, 6) is -15.0. The minimum atomic E-state index is -6.51. The minimum absolute atomic E-state index is 0.394. The zero-order valence-corrected chi connectivity index (χ0v) is 11.5. The summed E-state index contributed by atoms with van der Waals surface area (Å²) >= 11 is 0. The van der Waals surface area contributed by atoms with Crippen LogP contribution in [0.1, 0.15) is 11.4 Å². The van der Waals surface area contributed by atoms with Crippen molar-refractivity contribution in [2.24, 2.45) is 4.99 Å². The van der Waals surface area contributed by atoms with E-state index in [-0.39, 0.29) is 0 Å². The summed E-state index contributed by atoms with van der Waals surface area (Å²) in [5.41, 5.74) is -0.474. The van der Waals surface area contributed by atoms with Gasteiger partial charge in [0.15, 0.2) is 5.82 Å². The maximum atomic E-state index is 13.5. The number of hydrogen-bond donors (Lipinski definition) is 0. The van der Waals surface area contributed by atoms with E-state index >= 15 is 0 Å². The summed E-state index contributed by atoms with van der Waals surface area (Å²) in [7, 11) is 2.92. The van der Waals surface area contributed by atoms with Gasteiger partial charge in [-0.25, -0.2) is 15.0 Å². The van der Waals surface area contributed by atoms with Crippen LogP contribution in [0.2, 0.25) is 0 Å². The molecule has 1 aromatic rings. The Labute approximate surface area is 125 Å². The topological polar surface area (TPSA) is 65.2 Å². The second-order valence-corrected chi connectivity index (χ2v) is 4.40. The first-order valence-corrected chi connectivity index (χ1v) is 5.65. The highest BCUT2D eigenvalue weighted by Gasteiger charge is 2.75. The maximum Gasteiger partial charge on any atom is 0.460 e. The average molecular weight is 343 g/mol. The zero-order chi connectivity index (χ0) is 18.1. The predicted molar refractivity (Wildman–Crippen MR) is 63.5 cm³/mol. The normalized spacial score (nSPS) is 13.2. The molecule has 1 aromatic heterocycles. The third-order valence-corrected chi connectivity index (χ3v) is 2.33. The molecule has 0 saturated heterocycles. The second kappa shape index (κ2) is 5.98. The van der Waals surface area contributed by atoms with Gasteiger partial charge in [-0.1, -0.05) is 0 Å². The Morgan fingerprint density at radius 1 is 1.17 bits per heavy atom. The number of halogens is 7. The fourth-order valence-corrected chi connectivity index (χ4v) is 1.19. The lowest BCUT2D eigenvalue weighted by Crippen LogP contribution is -2.50. The van der Waals surface area contributed by atoms with E-state index in [4.69, 9.17) is 5.26 Å². The van der Waals surface area contributed by atoms with Crippen molar-refractivity contribution in [3.05, 3.63) is 17.6 Å². The standard InChI is InChI=1S/C11H8F7N5/c1-23(2)5-21-7-6(3-19)4-20-8(22-7)9(12,13)10(14,15)11(16,17)18/h4-5H,1-2H3. The summed E-state index contributed by atoms with van der Waals surface area (Å²) < 4.78 is 89.3. The number of aromatic nitrogens is 2. The van der Waals surface area contributed by atoms with E-state index < -0.39 is 35.2 Å². The van der Waals surface area contributed by atoms with Crippen LogP contribution < -0.4 is 0 Å². The quantitative estimate of drug-likeness (QED) is 0.479. The SMILES string of the molecule is CN(C)C=Nc1nc(C(F)(F)C(F)(F)C(F)(F)F)ncc1C#N. The first-order valence-electron chi connectivity index (χ1n) is 5.65. The third-order valence-electron chi connectivity index (χ3n) is 2.33. The lowest BCUT2D eigenvalue weighted by atomic mass is 10.1. The van der Waals surface area contributed by atoms with Crippen molar-refractivity contribution in [3.8, 4) is 6.07 Å². The van der Waals surface area contributed by atoms with Gasteiger partial charge in [0.1, 0.15) is 11.6 Å². The van der Waals surface area contributed by atoms with E-state index in [1.54, 1.807) is 0 Å². The van der Waals surface area contributed by atoms with Gasteiger partial charge in [-0.15, -0.1) is 0 Å². The molecule has 0 N–H and O–H groups in total. The van der Waals surface area contributed by atoms with E-state index in [1.165, 1.54) is 25.1 Å². The first kappa shape index (κ1) is 18.6. The van der Waals surface area contributed by atoms with Crippen molar-refractivity contribution in [1.29, 1.82) is 5.26 Å². The van der Waals surface area contributed by atoms with E-state index in [0.717, 1.165) is 6.34 Å². The molecule has 1 rings (SSSR count). The van der Waals surface area contributed by atoms with Crippen molar-refractivity contribution in [2.45, 2.75) is 18.0 Å². The van der Waals surface area contributed by atoms with E-state index in [9.17, 15) is 30.7 Å². The molecule has 0 aliphatic heterocycles. The molecule has 5 nitrogen and oxygen atoms in total. The van der Waals surface area contributed by atoms with Crippen LogP contribution in [0, 0.1) is 11.3 Å². The van der Waals surface area contributed by atoms with Gasteiger partial charge in [-0.05, 0) is 0 Å². The highest BCUT2D eigenvalue weighted by Crippen LogP contribution is 2.50. The second-order valence-electron chi connectivity index (χ2n) is 4.40. The van der Waals surface area contributed by atoms with Crippen molar-refractivity contribution in [3.63, 3.8) is 0 Å². The lowest BCUT2D eigenvalue weighted by Gasteiger charge is -2.26. The van der Waals surface area contributed by atoms with Gasteiger partial charge >= 0.3 is 18.0 Å². The molecule has 0 atom stereocenters. The number of aliphatic imine (C=N–C) groups is 1. The number of hydrogen-bond acceptors (Lipinski definition) is 4. The van der Waals surface area contributed by atoms with Gasteiger partial charge in [-0.3, -0.25) is 0 Å². The van der Waals surface area contributed by atoms with Crippen LogP contribution in [0.4, 0.5) is 36.6 Å². The molecule has 23 heavy (non-hydrogen) atoms. The lowest BCUT2D eigenvalue weighted by molar-refractivity contribution is -0.361. The Morgan fingerprint density at radius 2 is 1.74 bits per heavy atom. The Morgan fingerprint density at radius 3 is 2.17 bits per heavy atom. The molecule has 0 saturated carbocycles. The van der Waals surface area contributed by atoms with Crippen molar-refractivity contribution >= 4 is 12.2 Å². The smallest absolute Gasteiger partial charge is 0.369 e. The molecule has 0 aliphatic carbocycles. The molecule has 126 valence electrons. The van der Waals surface area contributed by atoms with E-state index in [2.05, 4.69) is 15.0 Å². The predicted octanol–water partition coefficient (Wildman–Crippen LogP) is 2.86. The molecule has 0 amide bonds. The largest absolute Gasteiger partial charge is 0.460 e. The van der Waals surface area contributed by atoms with Crippen molar-refractivity contribution in [2.75, 3.05) is 14.1 Å². The monoisotopic (exact) mass is 343 g/mol. The molecule has 0 aromatic carbocycles. The Balaban J connectivity index is 3.45. The summed E-state index contributed by atoms with van der Waals surface area (Å²) in [6.07, 6.45) is -5.13. The van der Waals surface area contributed by atoms with Crippen LogP contribution in [-0.4, -0.2) is 47.4 Å². The van der Waals surface area contributed by atoms with Crippen LogP contribution in [0.3, 0.4) is 0 Å². The van der Waals surface area contributed by atoms with Crippen LogP contribution in [0.5, 0.6) is 0 Å². The fourth-order valence-electron chi connectivity index (χ4n) is 1.19. The zero-order valence-electron chi connectivity index (χ0n) is 11.5. The molecule has 1 heterocycles. The third kappa shape index (κ3) is 3.49. The van der Waals surface area contributed by atoms with Gasteiger partial charge in [0.05, 0.1) is 12.5 Å². The number of alkyl halides is 7. The van der Waals surface area contributed by atoms with E-state index in [0.29, 0.717) is 6.20 Å². The maximum absolute atomic E-state index is 13.5. The molecule has 0 spiro atoms.